The molecule has 25 heavy (non-hydrogen) atoms. The first-order valence-electron chi connectivity index (χ1n) is 7.60. The fraction of sp³-hybridized carbons (Fsp3) is 0.312. The first kappa shape index (κ1) is 17.2. The van der Waals surface area contributed by atoms with Crippen LogP contribution in [0.3, 0.4) is 0 Å². The molecule has 0 aliphatic carbocycles. The Kier molecular flexibility index (Phi) is 4.64. The Balaban J connectivity index is 2.20. The Hall–Kier alpha value is -2.59. The summed E-state index contributed by atoms with van der Waals surface area (Å²) in [5.74, 6) is 0.0530. The lowest BCUT2D eigenvalue weighted by molar-refractivity contribution is -0.0802. The molecule has 5 N–H and O–H groups in total. The minimum absolute atomic E-state index is 0.0530. The lowest BCUT2D eigenvalue weighted by Crippen LogP contribution is -2.42. The smallest absolute Gasteiger partial charge is 0.349 e. The van der Waals surface area contributed by atoms with E-state index < -0.39 is 36.2 Å². The summed E-state index contributed by atoms with van der Waals surface area (Å²) in [6.45, 7) is -0.965. The van der Waals surface area contributed by atoms with Crippen molar-refractivity contribution in [1.29, 1.82) is 0 Å². The van der Waals surface area contributed by atoms with Crippen LogP contribution in [0.15, 0.2) is 39.9 Å². The zero-order valence-electron chi connectivity index (χ0n) is 13.0. The van der Waals surface area contributed by atoms with Gasteiger partial charge in [-0.15, -0.1) is 0 Å². The summed E-state index contributed by atoms with van der Waals surface area (Å²) in [5.41, 5.74) is -0.702. The topological polar surface area (TPSA) is 149 Å². The summed E-state index contributed by atoms with van der Waals surface area (Å²) < 4.78 is 1.43. The average Bonchev–Trinajstić information content (AvgIpc) is 2.60. The van der Waals surface area contributed by atoms with Crippen LogP contribution in [0.2, 0.25) is 0 Å². The molecule has 1 aromatic carbocycles. The van der Waals surface area contributed by atoms with Crippen LogP contribution in [0.4, 0.5) is 0 Å². The zero-order chi connectivity index (χ0) is 18.1. The average molecular weight is 347 g/mol. The quantitative estimate of drug-likeness (QED) is 0.344. The standard InChI is InChI=1S/C16H17N3O6/c20-7-12(22)13(23)11(21)6-19-10-4-2-1-3-8(10)5-9-14(19)17-16(25)18-15(9)24/h1-5,11-13,20-23H,6-7H2,(H,18,24,25)/t11-,12+,13+/m0/s1. The Bertz CT molecular complexity index is 982. The highest BCUT2D eigenvalue weighted by Crippen LogP contribution is 2.24. The molecule has 0 amide bonds. The second-order valence-electron chi connectivity index (χ2n) is 5.73. The molecule has 0 fully saturated rings. The van der Waals surface area contributed by atoms with Crippen molar-refractivity contribution in [3.05, 3.63) is 51.2 Å². The van der Waals surface area contributed by atoms with Crippen molar-refractivity contribution in [2.24, 2.45) is 0 Å². The molecule has 2 aliphatic heterocycles. The van der Waals surface area contributed by atoms with E-state index in [0.717, 1.165) is 0 Å². The lowest BCUT2D eigenvalue weighted by atomic mass is 10.1. The SMILES string of the molecule is O=c1nc2n(C[C@H](O)[C@@H](O)[C@H](O)CO)c3ccccc3cc-2c(=O)[nH]1. The fourth-order valence-electron chi connectivity index (χ4n) is 2.76. The number of fused-ring (bicyclic) bond motifs is 2. The van der Waals surface area contributed by atoms with Crippen LogP contribution in [0, 0.1) is 0 Å². The van der Waals surface area contributed by atoms with E-state index in [1.165, 1.54) is 4.57 Å². The number of aromatic amines is 1. The number of aromatic nitrogens is 3. The molecule has 3 rings (SSSR count). The molecule has 1 aromatic rings. The van der Waals surface area contributed by atoms with Crippen LogP contribution in [-0.4, -0.2) is 59.9 Å². The van der Waals surface area contributed by atoms with E-state index in [1.54, 1.807) is 30.3 Å². The highest BCUT2D eigenvalue weighted by molar-refractivity contribution is 5.85. The molecule has 3 atom stereocenters. The molecule has 0 saturated heterocycles. The van der Waals surface area contributed by atoms with E-state index in [1.807, 2.05) is 0 Å². The molecular weight excluding hydrogens is 330 g/mol. The fourth-order valence-corrected chi connectivity index (χ4v) is 2.76. The van der Waals surface area contributed by atoms with Crippen molar-refractivity contribution < 1.29 is 20.4 Å². The van der Waals surface area contributed by atoms with Crippen LogP contribution in [-0.2, 0) is 6.54 Å². The highest BCUT2D eigenvalue weighted by atomic mass is 16.4. The second-order valence-corrected chi connectivity index (χ2v) is 5.73. The van der Waals surface area contributed by atoms with Crippen LogP contribution in [0.25, 0.3) is 22.3 Å². The summed E-state index contributed by atoms with van der Waals surface area (Å²) in [4.78, 5) is 29.6. The first-order chi connectivity index (χ1) is 11.9. The highest BCUT2D eigenvalue weighted by Gasteiger charge is 2.26. The number of hydrogen-bond donors (Lipinski definition) is 5. The van der Waals surface area contributed by atoms with Gasteiger partial charge in [0.25, 0.3) is 5.56 Å². The van der Waals surface area contributed by atoms with Crippen molar-refractivity contribution in [1.82, 2.24) is 14.5 Å². The summed E-state index contributed by atoms with van der Waals surface area (Å²) >= 11 is 0. The minimum atomic E-state index is -1.61. The predicted molar refractivity (Wildman–Crippen MR) is 88.4 cm³/mol. The van der Waals surface area contributed by atoms with Crippen LogP contribution in [0.1, 0.15) is 0 Å². The molecule has 2 heterocycles. The van der Waals surface area contributed by atoms with Crippen molar-refractivity contribution in [2.45, 2.75) is 24.9 Å². The van der Waals surface area contributed by atoms with E-state index in [2.05, 4.69) is 9.97 Å². The zero-order valence-corrected chi connectivity index (χ0v) is 13.0. The molecule has 9 nitrogen and oxygen atoms in total. The second kappa shape index (κ2) is 6.73. The third-order valence-corrected chi connectivity index (χ3v) is 4.04. The van der Waals surface area contributed by atoms with Crippen LogP contribution >= 0.6 is 0 Å². The van der Waals surface area contributed by atoms with Crippen molar-refractivity contribution in [3.63, 3.8) is 0 Å². The van der Waals surface area contributed by atoms with E-state index >= 15 is 0 Å². The molecular formula is C16H17N3O6. The molecule has 0 saturated carbocycles. The summed E-state index contributed by atoms with van der Waals surface area (Å²) in [7, 11) is 0. The van der Waals surface area contributed by atoms with Gasteiger partial charge in [0.05, 0.1) is 18.7 Å². The van der Waals surface area contributed by atoms with Gasteiger partial charge in [-0.05, 0) is 17.5 Å². The molecule has 0 spiro atoms. The van der Waals surface area contributed by atoms with E-state index in [-0.39, 0.29) is 17.9 Å². The Morgan fingerprint density at radius 2 is 1.84 bits per heavy atom. The van der Waals surface area contributed by atoms with Crippen molar-refractivity contribution in [2.75, 3.05) is 6.61 Å². The van der Waals surface area contributed by atoms with Gasteiger partial charge in [0.2, 0.25) is 0 Å². The Morgan fingerprint density at radius 1 is 1.12 bits per heavy atom. The maximum atomic E-state index is 12.1. The minimum Gasteiger partial charge on any atom is -0.394 e. The van der Waals surface area contributed by atoms with Gasteiger partial charge in [-0.1, -0.05) is 18.2 Å². The maximum Gasteiger partial charge on any atom is 0.349 e. The lowest BCUT2D eigenvalue weighted by Gasteiger charge is -2.25. The molecule has 9 heteroatoms. The van der Waals surface area contributed by atoms with E-state index in [0.29, 0.717) is 10.9 Å². The number of rotatable bonds is 5. The number of nitrogens with one attached hydrogen (secondary N) is 1. The van der Waals surface area contributed by atoms with Gasteiger partial charge in [0, 0.05) is 5.52 Å². The van der Waals surface area contributed by atoms with Gasteiger partial charge in [0.15, 0.2) is 5.82 Å². The molecule has 132 valence electrons. The van der Waals surface area contributed by atoms with Gasteiger partial charge < -0.3 is 25.0 Å². The van der Waals surface area contributed by atoms with Crippen molar-refractivity contribution >= 4 is 10.9 Å². The van der Waals surface area contributed by atoms with Crippen LogP contribution < -0.4 is 11.2 Å². The van der Waals surface area contributed by atoms with Gasteiger partial charge in [0.1, 0.15) is 18.3 Å². The number of benzene rings is 1. The van der Waals surface area contributed by atoms with Gasteiger partial charge in [-0.3, -0.25) is 9.78 Å². The monoisotopic (exact) mass is 347 g/mol. The Morgan fingerprint density at radius 3 is 2.56 bits per heavy atom. The third-order valence-electron chi connectivity index (χ3n) is 4.04. The number of para-hydroxylation sites is 1. The number of nitrogens with zero attached hydrogens (tertiary/aromatic N) is 2. The summed E-state index contributed by atoms with van der Waals surface area (Å²) in [6.07, 6.45) is -4.60. The molecule has 0 aromatic heterocycles. The Labute approximate surface area is 140 Å². The third kappa shape index (κ3) is 3.17. The first-order valence-corrected chi connectivity index (χ1v) is 7.60. The molecule has 0 radical (unpaired) electrons. The van der Waals surface area contributed by atoms with Gasteiger partial charge in [-0.2, -0.15) is 4.98 Å². The number of pyridine rings is 1. The van der Waals surface area contributed by atoms with E-state index in [9.17, 15) is 24.9 Å². The molecule has 0 unspecified atom stereocenters. The predicted octanol–water partition coefficient (Wildman–Crippen LogP) is -1.74. The summed E-state index contributed by atoms with van der Waals surface area (Å²) in [6, 6.07) is 8.55. The molecule has 2 aliphatic rings. The number of H-pyrrole nitrogens is 1. The van der Waals surface area contributed by atoms with Gasteiger partial charge >= 0.3 is 5.69 Å². The van der Waals surface area contributed by atoms with Crippen LogP contribution in [0.5, 0.6) is 0 Å². The number of aliphatic hydroxyl groups excluding tert-OH is 4. The van der Waals surface area contributed by atoms with E-state index in [4.69, 9.17) is 5.11 Å². The number of hydrogen-bond acceptors (Lipinski definition) is 7. The van der Waals surface area contributed by atoms with Crippen molar-refractivity contribution in [3.8, 4) is 11.4 Å². The van der Waals surface area contributed by atoms with Gasteiger partial charge in [-0.25, -0.2) is 4.79 Å². The number of aliphatic hydroxyl groups is 4. The largest absolute Gasteiger partial charge is 0.394 e. The normalized spacial score (nSPS) is 15.4. The summed E-state index contributed by atoms with van der Waals surface area (Å²) in [5, 5.41) is 39.2. The maximum absolute atomic E-state index is 12.1. The molecule has 0 bridgehead atoms.